The van der Waals surface area contributed by atoms with E-state index in [-0.39, 0.29) is 24.0 Å². The topological polar surface area (TPSA) is 127 Å². The fourth-order valence-electron chi connectivity index (χ4n) is 3.61. The molecule has 0 spiro atoms. The van der Waals surface area contributed by atoms with Crippen molar-refractivity contribution < 1.29 is 22.7 Å². The molecule has 3 rings (SSSR count). The van der Waals surface area contributed by atoms with E-state index in [0.29, 0.717) is 23.4 Å². The fraction of sp³-hybridized carbons (Fsp3) is 0.375. The number of amides is 1. The van der Waals surface area contributed by atoms with E-state index in [2.05, 4.69) is 20.7 Å². The van der Waals surface area contributed by atoms with Crippen LogP contribution < -0.4 is 10.1 Å². The Morgan fingerprint density at radius 3 is 2.40 bits per heavy atom. The maximum absolute atomic E-state index is 13.1. The van der Waals surface area contributed by atoms with Crippen LogP contribution >= 0.6 is 0 Å². The lowest BCUT2D eigenvalue weighted by Gasteiger charge is -2.21. The Balaban J connectivity index is 1.48. The van der Waals surface area contributed by atoms with Crippen LogP contribution in [0.3, 0.4) is 0 Å². The molecule has 0 aliphatic carbocycles. The van der Waals surface area contributed by atoms with Crippen molar-refractivity contribution in [3.63, 3.8) is 0 Å². The largest absolute Gasteiger partial charge is 0.497 e. The first-order valence-corrected chi connectivity index (χ1v) is 12.5. The Kier molecular flexibility index (Phi) is 8.60. The van der Waals surface area contributed by atoms with Crippen LogP contribution in [0.1, 0.15) is 23.6 Å². The van der Waals surface area contributed by atoms with Crippen LogP contribution in [-0.4, -0.2) is 67.5 Å². The molecule has 0 fully saturated rings. The summed E-state index contributed by atoms with van der Waals surface area (Å²) in [4.78, 5) is 12.7. The van der Waals surface area contributed by atoms with E-state index in [1.54, 1.807) is 46.2 Å². The maximum atomic E-state index is 13.1. The first kappa shape index (κ1) is 26.3. The Hall–Kier alpha value is -3.28. The molecule has 10 nitrogen and oxygen atoms in total. The summed E-state index contributed by atoms with van der Waals surface area (Å²) in [5, 5.41) is 13.2. The van der Waals surface area contributed by atoms with Crippen molar-refractivity contribution in [1.82, 2.24) is 25.0 Å². The number of nitrogens with zero attached hydrogens (tertiary/aromatic N) is 3. The molecule has 0 saturated heterocycles. The highest BCUT2D eigenvalue weighted by molar-refractivity contribution is 7.89. The molecule has 2 N–H and O–H groups in total. The highest BCUT2D eigenvalue weighted by Crippen LogP contribution is 2.27. The lowest BCUT2D eigenvalue weighted by Crippen LogP contribution is -2.37. The molecule has 2 aromatic carbocycles. The van der Waals surface area contributed by atoms with Crippen LogP contribution in [0.4, 0.5) is 0 Å². The molecule has 1 unspecified atom stereocenters. The third kappa shape index (κ3) is 6.44. The number of nitrogens with one attached hydrogen (secondary N) is 2. The van der Waals surface area contributed by atoms with Crippen molar-refractivity contribution in [1.29, 1.82) is 0 Å². The number of aromatic amines is 1. The third-order valence-electron chi connectivity index (χ3n) is 5.61. The van der Waals surface area contributed by atoms with E-state index in [1.807, 2.05) is 24.3 Å². The lowest BCUT2D eigenvalue weighted by molar-refractivity contribution is -0.131. The standard InChI is InChI=1S/C24H31N5O5S/c1-16-12-21(33-5)13-17(2)23(16)35(31,32)29(4)10-11-34-18(3)24(30)25-14-19-6-8-20(9-7-19)22-15-26-28-27-22/h6-9,12-13,15,18H,10-11,14H2,1-5H3,(H,25,30)(H,26,27,28). The molecule has 0 aliphatic heterocycles. The van der Waals surface area contributed by atoms with E-state index in [0.717, 1.165) is 16.8 Å². The van der Waals surface area contributed by atoms with Crippen LogP contribution in [0.15, 0.2) is 47.5 Å². The highest BCUT2D eigenvalue weighted by atomic mass is 32.2. The Morgan fingerprint density at radius 1 is 1.17 bits per heavy atom. The lowest BCUT2D eigenvalue weighted by atomic mass is 10.1. The van der Waals surface area contributed by atoms with Crippen LogP contribution in [0.25, 0.3) is 11.3 Å². The number of aryl methyl sites for hydroxylation is 2. The molecule has 1 amide bonds. The normalized spacial score (nSPS) is 12.5. The van der Waals surface area contributed by atoms with Gasteiger partial charge in [-0.3, -0.25) is 4.79 Å². The number of sulfonamides is 1. The SMILES string of the molecule is COc1cc(C)c(S(=O)(=O)N(C)CCOC(C)C(=O)NCc2ccc(-c3cn[nH]n3)cc2)c(C)c1. The minimum atomic E-state index is -3.72. The van der Waals surface area contributed by atoms with E-state index in [9.17, 15) is 13.2 Å². The van der Waals surface area contributed by atoms with Gasteiger partial charge in [-0.05, 0) is 49.6 Å². The average molecular weight is 502 g/mol. The number of H-pyrrole nitrogens is 1. The second-order valence-corrected chi connectivity index (χ2v) is 10.2. The van der Waals surface area contributed by atoms with E-state index in [4.69, 9.17) is 9.47 Å². The number of likely N-dealkylation sites (N-methyl/N-ethyl adjacent to an activating group) is 1. The number of methoxy groups -OCH3 is 1. The van der Waals surface area contributed by atoms with Gasteiger partial charge >= 0.3 is 0 Å². The van der Waals surface area contributed by atoms with Gasteiger partial charge in [0.1, 0.15) is 17.5 Å². The first-order chi connectivity index (χ1) is 16.6. The highest BCUT2D eigenvalue weighted by Gasteiger charge is 2.25. The summed E-state index contributed by atoms with van der Waals surface area (Å²) in [7, 11) is -0.686. The number of rotatable bonds is 11. The number of aromatic nitrogens is 3. The minimum absolute atomic E-state index is 0.0744. The van der Waals surface area contributed by atoms with Gasteiger partial charge in [0.25, 0.3) is 0 Å². The molecule has 1 aromatic heterocycles. The summed E-state index contributed by atoms with van der Waals surface area (Å²) in [5.41, 5.74) is 3.80. The molecule has 35 heavy (non-hydrogen) atoms. The summed E-state index contributed by atoms with van der Waals surface area (Å²) >= 11 is 0. The van der Waals surface area contributed by atoms with Gasteiger partial charge in [0, 0.05) is 25.7 Å². The van der Waals surface area contributed by atoms with Crippen LogP contribution in [-0.2, 0) is 26.1 Å². The molecule has 1 heterocycles. The predicted octanol–water partition coefficient (Wildman–Crippen LogP) is 2.44. The van der Waals surface area contributed by atoms with Crippen molar-refractivity contribution in [3.8, 4) is 17.0 Å². The van der Waals surface area contributed by atoms with Gasteiger partial charge in [0.15, 0.2) is 0 Å². The minimum Gasteiger partial charge on any atom is -0.497 e. The molecular weight excluding hydrogens is 470 g/mol. The van der Waals surface area contributed by atoms with Gasteiger partial charge in [0.2, 0.25) is 15.9 Å². The molecule has 0 bridgehead atoms. The van der Waals surface area contributed by atoms with Gasteiger partial charge in [-0.15, -0.1) is 0 Å². The average Bonchev–Trinajstić information content (AvgIpc) is 3.37. The summed E-state index contributed by atoms with van der Waals surface area (Å²) in [6.07, 6.45) is 0.905. The van der Waals surface area contributed by atoms with Crippen molar-refractivity contribution in [2.45, 2.75) is 38.3 Å². The third-order valence-corrected chi connectivity index (χ3v) is 7.78. The van der Waals surface area contributed by atoms with E-state index in [1.165, 1.54) is 11.4 Å². The molecule has 1 atom stereocenters. The smallest absolute Gasteiger partial charge is 0.249 e. The van der Waals surface area contributed by atoms with Gasteiger partial charge in [-0.25, -0.2) is 8.42 Å². The van der Waals surface area contributed by atoms with Crippen molar-refractivity contribution in [2.75, 3.05) is 27.3 Å². The maximum Gasteiger partial charge on any atom is 0.249 e. The number of benzene rings is 2. The summed E-state index contributed by atoms with van der Waals surface area (Å²) in [5.74, 6) is 0.327. The predicted molar refractivity (Wildman–Crippen MR) is 131 cm³/mol. The molecule has 3 aromatic rings. The monoisotopic (exact) mass is 501 g/mol. The molecule has 0 saturated carbocycles. The second-order valence-electron chi connectivity index (χ2n) is 8.20. The Labute approximate surface area is 205 Å². The number of hydrogen-bond acceptors (Lipinski definition) is 7. The van der Waals surface area contributed by atoms with Gasteiger partial charge in [-0.2, -0.15) is 19.7 Å². The van der Waals surface area contributed by atoms with Gasteiger partial charge in [0.05, 0.1) is 24.8 Å². The number of ether oxygens (including phenoxy) is 2. The van der Waals surface area contributed by atoms with Crippen LogP contribution in [0.2, 0.25) is 0 Å². The zero-order valence-corrected chi connectivity index (χ0v) is 21.3. The molecule has 188 valence electrons. The van der Waals surface area contributed by atoms with Crippen LogP contribution in [0, 0.1) is 13.8 Å². The number of hydrogen-bond donors (Lipinski definition) is 2. The first-order valence-electron chi connectivity index (χ1n) is 11.1. The molecule has 0 aliphatic rings. The van der Waals surface area contributed by atoms with Gasteiger partial charge < -0.3 is 14.8 Å². The Bertz CT molecular complexity index is 1220. The van der Waals surface area contributed by atoms with E-state index < -0.39 is 16.1 Å². The number of carbonyl (C=O) groups excluding carboxylic acids is 1. The zero-order chi connectivity index (χ0) is 25.6. The van der Waals surface area contributed by atoms with Crippen molar-refractivity contribution >= 4 is 15.9 Å². The molecular formula is C24H31N5O5S. The van der Waals surface area contributed by atoms with Gasteiger partial charge in [-0.1, -0.05) is 24.3 Å². The van der Waals surface area contributed by atoms with Crippen LogP contribution in [0.5, 0.6) is 5.75 Å². The number of carbonyl (C=O) groups is 1. The summed E-state index contributed by atoms with van der Waals surface area (Å²) < 4.78 is 38.2. The summed E-state index contributed by atoms with van der Waals surface area (Å²) in [6.45, 7) is 5.63. The van der Waals surface area contributed by atoms with Crippen molar-refractivity contribution in [3.05, 3.63) is 59.3 Å². The molecule has 11 heteroatoms. The fourth-order valence-corrected chi connectivity index (χ4v) is 5.17. The molecule has 0 radical (unpaired) electrons. The summed E-state index contributed by atoms with van der Waals surface area (Å²) in [6, 6.07) is 11.0. The quantitative estimate of drug-likeness (QED) is 0.413. The van der Waals surface area contributed by atoms with E-state index >= 15 is 0 Å². The zero-order valence-electron chi connectivity index (χ0n) is 20.5. The van der Waals surface area contributed by atoms with Crippen molar-refractivity contribution in [2.24, 2.45) is 0 Å². The Morgan fingerprint density at radius 2 is 1.83 bits per heavy atom. The second kappa shape index (κ2) is 11.4.